The predicted octanol–water partition coefficient (Wildman–Crippen LogP) is 1.18. The molecule has 4 rings (SSSR count). The maximum Gasteiger partial charge on any atom is 0.308 e. The Hall–Kier alpha value is -2.83. The van der Waals surface area contributed by atoms with Gasteiger partial charge in [0.2, 0.25) is 0 Å². The number of esters is 2. The van der Waals surface area contributed by atoms with Crippen LogP contribution in [0.15, 0.2) is 12.7 Å². The van der Waals surface area contributed by atoms with Crippen LogP contribution in [0.3, 0.4) is 0 Å². The van der Waals surface area contributed by atoms with Gasteiger partial charge in [0, 0.05) is 12.5 Å². The molecule has 3 N–H and O–H groups in total. The van der Waals surface area contributed by atoms with Crippen molar-refractivity contribution in [1.29, 1.82) is 0 Å². The van der Waals surface area contributed by atoms with E-state index in [-0.39, 0.29) is 36.6 Å². The minimum Gasteiger partial charge on any atom is -0.463 e. The third-order valence-electron chi connectivity index (χ3n) is 6.31. The van der Waals surface area contributed by atoms with Crippen molar-refractivity contribution in [2.45, 2.75) is 83.6 Å². The van der Waals surface area contributed by atoms with Crippen LogP contribution in [0.2, 0.25) is 0 Å². The van der Waals surface area contributed by atoms with E-state index in [2.05, 4.69) is 20.3 Å². The number of aromatic nitrogens is 4. The number of aliphatic hydroxyl groups excluding tert-OH is 2. The molecule has 0 bridgehead atoms. The second kappa shape index (κ2) is 10.4. The number of imidazole rings is 1. The van der Waals surface area contributed by atoms with Crippen molar-refractivity contribution in [2.75, 3.05) is 11.9 Å². The summed E-state index contributed by atoms with van der Waals surface area (Å²) in [7, 11) is 0. The number of hydrogen-bond donors (Lipinski definition) is 3. The average molecular weight is 492 g/mol. The minimum atomic E-state index is -1.27. The maximum atomic E-state index is 11.9. The lowest BCUT2D eigenvalue weighted by Gasteiger charge is -2.17. The summed E-state index contributed by atoms with van der Waals surface area (Å²) in [4.78, 5) is 36.7. The Kier molecular flexibility index (Phi) is 7.53. The highest BCUT2D eigenvalue weighted by atomic mass is 16.6. The van der Waals surface area contributed by atoms with E-state index in [1.54, 1.807) is 13.8 Å². The molecule has 2 aromatic rings. The number of hydrogen-bond acceptors (Lipinski definition) is 11. The molecule has 1 saturated heterocycles. The second-order valence-electron chi connectivity index (χ2n) is 9.75. The Morgan fingerprint density at radius 2 is 1.86 bits per heavy atom. The molecule has 2 aromatic heterocycles. The first-order valence-electron chi connectivity index (χ1n) is 12.0. The van der Waals surface area contributed by atoms with E-state index in [0.717, 1.165) is 12.8 Å². The first-order valence-corrected chi connectivity index (χ1v) is 12.0. The summed E-state index contributed by atoms with van der Waals surface area (Å²) in [6.45, 7) is 6.86. The lowest BCUT2D eigenvalue weighted by molar-refractivity contribution is -0.154. The van der Waals surface area contributed by atoms with E-state index in [9.17, 15) is 19.8 Å². The number of carbonyl (C=O) groups excluding carboxylic acids is 2. The molecule has 6 atom stereocenters. The fraction of sp³-hybridized carbons (Fsp3) is 0.696. The zero-order chi connectivity index (χ0) is 25.3. The Labute approximate surface area is 203 Å². The van der Waals surface area contributed by atoms with Crippen molar-refractivity contribution >= 4 is 28.9 Å². The first-order chi connectivity index (χ1) is 16.7. The van der Waals surface area contributed by atoms with Crippen LogP contribution < -0.4 is 5.32 Å². The number of fused-ring (bicyclic) bond motifs is 1. The van der Waals surface area contributed by atoms with Crippen LogP contribution in [0.4, 0.5) is 5.82 Å². The minimum absolute atomic E-state index is 0.0541. The van der Waals surface area contributed by atoms with E-state index in [1.165, 1.54) is 17.2 Å². The topological polar surface area (TPSA) is 158 Å². The van der Waals surface area contributed by atoms with E-state index < -0.39 is 30.5 Å². The van der Waals surface area contributed by atoms with Crippen LogP contribution in [0.1, 0.15) is 53.2 Å². The second-order valence-corrected chi connectivity index (χ2v) is 9.75. The number of aliphatic hydroxyl groups is 2. The van der Waals surface area contributed by atoms with Gasteiger partial charge in [0.15, 0.2) is 23.2 Å². The standard InChI is InChI=1S/C23H33N5O7/c1-11(2)22(31)33-8-15-17(29)18(30)21(35-15)28-10-26-16-19(24-9-25-20(16)28)27-13-5-6-14(7-13)34-23(32)12(3)4/h9-15,17-18,21,29-30H,5-8H2,1-4H3,(H,24,25,27)/t13?,14-,15-,17-,18-,21-/m1/s1. The number of carbonyl (C=O) groups is 2. The molecule has 0 spiro atoms. The zero-order valence-corrected chi connectivity index (χ0v) is 20.3. The Morgan fingerprint density at radius 3 is 2.57 bits per heavy atom. The smallest absolute Gasteiger partial charge is 0.308 e. The van der Waals surface area contributed by atoms with Gasteiger partial charge in [-0.1, -0.05) is 27.7 Å². The molecule has 0 radical (unpaired) electrons. The summed E-state index contributed by atoms with van der Waals surface area (Å²) in [5.41, 5.74) is 0.898. The molecule has 192 valence electrons. The van der Waals surface area contributed by atoms with Gasteiger partial charge in [-0.05, 0) is 12.8 Å². The van der Waals surface area contributed by atoms with Crippen molar-refractivity contribution in [3.05, 3.63) is 12.7 Å². The van der Waals surface area contributed by atoms with Gasteiger partial charge in [-0.25, -0.2) is 15.0 Å². The van der Waals surface area contributed by atoms with Gasteiger partial charge in [0.05, 0.1) is 18.2 Å². The highest BCUT2D eigenvalue weighted by Gasteiger charge is 2.45. The van der Waals surface area contributed by atoms with Gasteiger partial charge in [-0.2, -0.15) is 0 Å². The monoisotopic (exact) mass is 491 g/mol. The van der Waals surface area contributed by atoms with E-state index >= 15 is 0 Å². The fourth-order valence-corrected chi connectivity index (χ4v) is 4.24. The van der Waals surface area contributed by atoms with Crippen LogP contribution in [0.25, 0.3) is 11.2 Å². The van der Waals surface area contributed by atoms with Crippen molar-refractivity contribution in [2.24, 2.45) is 11.8 Å². The van der Waals surface area contributed by atoms with Gasteiger partial charge in [0.1, 0.15) is 37.4 Å². The molecule has 0 amide bonds. The molecule has 35 heavy (non-hydrogen) atoms. The summed E-state index contributed by atoms with van der Waals surface area (Å²) in [5.74, 6) is -0.574. The molecule has 0 aromatic carbocycles. The third-order valence-corrected chi connectivity index (χ3v) is 6.31. The Balaban J connectivity index is 1.44. The van der Waals surface area contributed by atoms with Crippen LogP contribution in [0, 0.1) is 11.8 Å². The van der Waals surface area contributed by atoms with Crippen LogP contribution in [-0.2, 0) is 23.8 Å². The van der Waals surface area contributed by atoms with Crippen molar-refractivity contribution in [3.8, 4) is 0 Å². The van der Waals surface area contributed by atoms with E-state index in [4.69, 9.17) is 14.2 Å². The summed E-state index contributed by atoms with van der Waals surface area (Å²) in [6, 6.07) is 0.0541. The number of nitrogens with one attached hydrogen (secondary N) is 1. The number of ether oxygens (including phenoxy) is 3. The van der Waals surface area contributed by atoms with Gasteiger partial charge in [0.25, 0.3) is 0 Å². The zero-order valence-electron chi connectivity index (χ0n) is 20.3. The molecule has 3 heterocycles. The van der Waals surface area contributed by atoms with Crippen molar-refractivity contribution in [3.63, 3.8) is 0 Å². The SMILES string of the molecule is CC(C)C(=O)OC[C@H]1O[C@@H](n2cnc3c(NC4CC[C@@H](OC(=O)C(C)C)C4)ncnc32)[C@H](O)[C@@H]1O. The molecule has 2 fully saturated rings. The number of rotatable bonds is 8. The predicted molar refractivity (Wildman–Crippen MR) is 123 cm³/mol. The van der Waals surface area contributed by atoms with Crippen LogP contribution >= 0.6 is 0 Å². The molecule has 12 nitrogen and oxygen atoms in total. The largest absolute Gasteiger partial charge is 0.463 e. The average Bonchev–Trinajstić information content (AvgIpc) is 3.51. The fourth-order valence-electron chi connectivity index (χ4n) is 4.24. The van der Waals surface area contributed by atoms with Gasteiger partial charge in [-0.15, -0.1) is 0 Å². The maximum absolute atomic E-state index is 11.9. The van der Waals surface area contributed by atoms with Crippen molar-refractivity contribution in [1.82, 2.24) is 19.5 Å². The van der Waals surface area contributed by atoms with Gasteiger partial charge in [-0.3, -0.25) is 14.2 Å². The molecule has 1 saturated carbocycles. The molecule has 1 aliphatic carbocycles. The Bertz CT molecular complexity index is 1060. The molecular formula is C23H33N5O7. The molecule has 1 aliphatic heterocycles. The van der Waals surface area contributed by atoms with Gasteiger partial charge < -0.3 is 29.7 Å². The quantitative estimate of drug-likeness (QED) is 0.455. The van der Waals surface area contributed by atoms with Crippen LogP contribution in [-0.4, -0.2) is 78.7 Å². The lowest BCUT2D eigenvalue weighted by atomic mass is 10.1. The first kappa shape index (κ1) is 25.3. The summed E-state index contributed by atoms with van der Waals surface area (Å²) >= 11 is 0. The summed E-state index contributed by atoms with van der Waals surface area (Å²) < 4.78 is 18.1. The highest BCUT2D eigenvalue weighted by molar-refractivity contribution is 5.83. The summed E-state index contributed by atoms with van der Waals surface area (Å²) in [5, 5.41) is 24.4. The molecule has 12 heteroatoms. The highest BCUT2D eigenvalue weighted by Crippen LogP contribution is 2.33. The molecule has 1 unspecified atom stereocenters. The summed E-state index contributed by atoms with van der Waals surface area (Å²) in [6.07, 6.45) is 0.583. The number of nitrogens with zero attached hydrogens (tertiary/aromatic N) is 4. The van der Waals surface area contributed by atoms with Crippen molar-refractivity contribution < 1.29 is 34.0 Å². The normalized spacial score (nSPS) is 28.7. The van der Waals surface area contributed by atoms with E-state index in [1.807, 2.05) is 13.8 Å². The number of anilines is 1. The van der Waals surface area contributed by atoms with Crippen LogP contribution in [0.5, 0.6) is 0 Å². The Morgan fingerprint density at radius 1 is 1.11 bits per heavy atom. The van der Waals surface area contributed by atoms with Gasteiger partial charge >= 0.3 is 11.9 Å². The lowest BCUT2D eigenvalue weighted by Crippen LogP contribution is -2.34. The molecule has 2 aliphatic rings. The van der Waals surface area contributed by atoms with E-state index in [0.29, 0.717) is 23.4 Å². The molecular weight excluding hydrogens is 458 g/mol. The third kappa shape index (κ3) is 5.39.